The summed E-state index contributed by atoms with van der Waals surface area (Å²) in [7, 11) is -3.60. The van der Waals surface area contributed by atoms with Gasteiger partial charge in [0.25, 0.3) is 0 Å². The van der Waals surface area contributed by atoms with Crippen molar-refractivity contribution in [3.05, 3.63) is 71.6 Å². The topological polar surface area (TPSA) is 72.2 Å². The number of hydrogen-bond donors (Lipinski definition) is 1. The van der Waals surface area contributed by atoms with Crippen molar-refractivity contribution in [3.63, 3.8) is 0 Å². The first-order chi connectivity index (χ1) is 13.4. The van der Waals surface area contributed by atoms with E-state index in [4.69, 9.17) is 4.42 Å². The van der Waals surface area contributed by atoms with Crippen LogP contribution in [-0.4, -0.2) is 19.4 Å². The maximum absolute atomic E-state index is 12.7. The van der Waals surface area contributed by atoms with Crippen LogP contribution in [0.4, 0.5) is 0 Å². The third-order valence-corrected chi connectivity index (χ3v) is 7.14. The van der Waals surface area contributed by atoms with Crippen LogP contribution < -0.4 is 4.72 Å². The fourth-order valence-corrected chi connectivity index (χ4v) is 5.42. The van der Waals surface area contributed by atoms with Crippen LogP contribution in [0, 0.1) is 6.92 Å². The van der Waals surface area contributed by atoms with E-state index in [0.717, 1.165) is 11.1 Å². The number of rotatable bonds is 6. The number of aromatic nitrogens is 1. The molecule has 2 aromatic carbocycles. The van der Waals surface area contributed by atoms with Crippen molar-refractivity contribution in [3.8, 4) is 11.3 Å². The molecule has 0 bridgehead atoms. The highest BCUT2D eigenvalue weighted by atomic mass is 32.2. The Kier molecular flexibility index (Phi) is 5.05. The zero-order valence-corrected chi connectivity index (χ0v) is 17.2. The first-order valence-corrected chi connectivity index (χ1v) is 11.3. The van der Waals surface area contributed by atoms with Gasteiger partial charge in [0.15, 0.2) is 5.89 Å². The molecule has 0 aliphatic rings. The monoisotopic (exact) mass is 412 g/mol. The minimum Gasteiger partial charge on any atom is -0.449 e. The standard InChI is InChI=1S/C21H20N2O3S2/c1-14(11-17-13-27-21-6-4-3-5-19(17)21)23-28(24,25)18-9-7-16(8-10-18)20-12-26-15(2)22-20/h3-10,12-14,23H,11H2,1-2H3. The Hall–Kier alpha value is -2.48. The van der Waals surface area contributed by atoms with Crippen LogP contribution in [0.5, 0.6) is 0 Å². The minimum absolute atomic E-state index is 0.221. The van der Waals surface area contributed by atoms with Gasteiger partial charge in [-0.2, -0.15) is 0 Å². The SMILES string of the molecule is Cc1nc(-c2ccc(S(=O)(=O)NC(C)Cc3csc4ccccc34)cc2)co1. The van der Waals surface area contributed by atoms with Gasteiger partial charge in [0, 0.05) is 23.2 Å². The fourth-order valence-electron chi connectivity index (χ4n) is 3.20. The summed E-state index contributed by atoms with van der Waals surface area (Å²) in [6, 6.07) is 14.6. The highest BCUT2D eigenvalue weighted by Gasteiger charge is 2.19. The molecule has 2 heterocycles. The third-order valence-electron chi connectivity index (χ3n) is 4.52. The van der Waals surface area contributed by atoms with Crippen LogP contribution >= 0.6 is 11.3 Å². The van der Waals surface area contributed by atoms with E-state index in [9.17, 15) is 8.42 Å². The maximum atomic E-state index is 12.7. The van der Waals surface area contributed by atoms with Gasteiger partial charge in [0.1, 0.15) is 12.0 Å². The van der Waals surface area contributed by atoms with Crippen molar-refractivity contribution in [1.29, 1.82) is 0 Å². The Bertz CT molecular complexity index is 1210. The number of fused-ring (bicyclic) bond motifs is 1. The number of thiophene rings is 1. The van der Waals surface area contributed by atoms with E-state index in [1.165, 1.54) is 10.1 Å². The molecule has 144 valence electrons. The maximum Gasteiger partial charge on any atom is 0.240 e. The number of aryl methyl sites for hydroxylation is 1. The van der Waals surface area contributed by atoms with Crippen molar-refractivity contribution in [2.45, 2.75) is 31.2 Å². The van der Waals surface area contributed by atoms with E-state index in [1.807, 2.05) is 19.1 Å². The lowest BCUT2D eigenvalue weighted by atomic mass is 10.1. The minimum atomic E-state index is -3.60. The van der Waals surface area contributed by atoms with Crippen molar-refractivity contribution in [2.24, 2.45) is 0 Å². The van der Waals surface area contributed by atoms with Crippen LogP contribution in [0.3, 0.4) is 0 Å². The van der Waals surface area contributed by atoms with Gasteiger partial charge in [-0.15, -0.1) is 11.3 Å². The van der Waals surface area contributed by atoms with Gasteiger partial charge in [-0.05, 0) is 47.9 Å². The average molecular weight is 413 g/mol. The first-order valence-electron chi connectivity index (χ1n) is 8.92. The molecule has 0 radical (unpaired) electrons. The van der Waals surface area contributed by atoms with Gasteiger partial charge in [-0.1, -0.05) is 30.3 Å². The highest BCUT2D eigenvalue weighted by molar-refractivity contribution is 7.89. The quantitative estimate of drug-likeness (QED) is 0.495. The average Bonchev–Trinajstić information content (AvgIpc) is 3.28. The fraction of sp³-hybridized carbons (Fsp3) is 0.190. The zero-order valence-electron chi connectivity index (χ0n) is 15.5. The van der Waals surface area contributed by atoms with Gasteiger partial charge < -0.3 is 4.42 Å². The summed E-state index contributed by atoms with van der Waals surface area (Å²) in [5, 5.41) is 3.29. The summed E-state index contributed by atoms with van der Waals surface area (Å²) in [4.78, 5) is 4.49. The van der Waals surface area contributed by atoms with E-state index in [0.29, 0.717) is 18.0 Å². The molecule has 5 nitrogen and oxygen atoms in total. The Balaban J connectivity index is 1.48. The number of sulfonamides is 1. The molecule has 0 amide bonds. The van der Waals surface area contributed by atoms with Gasteiger partial charge in [0.05, 0.1) is 4.90 Å². The molecular formula is C21H20N2O3S2. The molecule has 1 unspecified atom stereocenters. The Morgan fingerprint density at radius 3 is 2.61 bits per heavy atom. The summed E-state index contributed by atoms with van der Waals surface area (Å²) in [5.74, 6) is 0.572. The molecule has 28 heavy (non-hydrogen) atoms. The first kappa shape index (κ1) is 18.9. The molecule has 0 fully saturated rings. The number of nitrogens with one attached hydrogen (secondary N) is 1. The summed E-state index contributed by atoms with van der Waals surface area (Å²) in [6.07, 6.45) is 2.20. The summed E-state index contributed by atoms with van der Waals surface area (Å²) in [6.45, 7) is 3.65. The van der Waals surface area contributed by atoms with Crippen molar-refractivity contribution < 1.29 is 12.8 Å². The zero-order chi connectivity index (χ0) is 19.7. The number of benzene rings is 2. The molecule has 0 saturated heterocycles. The molecule has 2 aromatic heterocycles. The van der Waals surface area contributed by atoms with E-state index in [-0.39, 0.29) is 10.9 Å². The largest absolute Gasteiger partial charge is 0.449 e. The molecule has 0 saturated carbocycles. The Labute approximate surface area is 168 Å². The molecule has 4 aromatic rings. The second-order valence-corrected chi connectivity index (χ2v) is 9.38. The summed E-state index contributed by atoms with van der Waals surface area (Å²) >= 11 is 1.68. The van der Waals surface area contributed by atoms with Crippen molar-refractivity contribution in [2.75, 3.05) is 0 Å². The number of oxazole rings is 1. The predicted octanol–water partition coefficient (Wildman–Crippen LogP) is 4.77. The molecule has 7 heteroatoms. The highest BCUT2D eigenvalue weighted by Crippen LogP contribution is 2.27. The summed E-state index contributed by atoms with van der Waals surface area (Å²) in [5.41, 5.74) is 2.66. The normalized spacial score (nSPS) is 13.1. The number of hydrogen-bond acceptors (Lipinski definition) is 5. The van der Waals surface area contributed by atoms with Crippen LogP contribution in [0.15, 0.2) is 69.5 Å². The molecule has 1 N–H and O–H groups in total. The molecule has 0 aliphatic heterocycles. The van der Waals surface area contributed by atoms with Gasteiger partial charge >= 0.3 is 0 Å². The van der Waals surface area contributed by atoms with E-state index >= 15 is 0 Å². The lowest BCUT2D eigenvalue weighted by Gasteiger charge is -2.14. The molecule has 4 rings (SSSR count). The van der Waals surface area contributed by atoms with Crippen LogP contribution in [0.25, 0.3) is 21.3 Å². The second kappa shape index (κ2) is 7.50. The van der Waals surface area contributed by atoms with Crippen LogP contribution in [-0.2, 0) is 16.4 Å². The molecule has 1 atom stereocenters. The van der Waals surface area contributed by atoms with Crippen molar-refractivity contribution in [1.82, 2.24) is 9.71 Å². The van der Waals surface area contributed by atoms with E-state index in [2.05, 4.69) is 27.2 Å². The predicted molar refractivity (Wildman–Crippen MR) is 112 cm³/mol. The van der Waals surface area contributed by atoms with Gasteiger partial charge in [-0.25, -0.2) is 18.1 Å². The van der Waals surface area contributed by atoms with Gasteiger partial charge in [-0.3, -0.25) is 0 Å². The lowest BCUT2D eigenvalue weighted by Crippen LogP contribution is -2.34. The van der Waals surface area contributed by atoms with Crippen LogP contribution in [0.2, 0.25) is 0 Å². The molecule has 0 spiro atoms. The molecular weight excluding hydrogens is 392 g/mol. The van der Waals surface area contributed by atoms with Crippen LogP contribution in [0.1, 0.15) is 18.4 Å². The Morgan fingerprint density at radius 2 is 1.89 bits per heavy atom. The summed E-state index contributed by atoms with van der Waals surface area (Å²) < 4.78 is 34.7. The van der Waals surface area contributed by atoms with E-state index < -0.39 is 10.0 Å². The Morgan fingerprint density at radius 1 is 1.14 bits per heavy atom. The van der Waals surface area contributed by atoms with Gasteiger partial charge in [0.2, 0.25) is 10.0 Å². The van der Waals surface area contributed by atoms with Crippen molar-refractivity contribution >= 4 is 31.4 Å². The third kappa shape index (κ3) is 3.87. The molecule has 0 aliphatic carbocycles. The van der Waals surface area contributed by atoms with E-state index in [1.54, 1.807) is 48.8 Å². The smallest absolute Gasteiger partial charge is 0.240 e. The second-order valence-electron chi connectivity index (χ2n) is 6.76. The lowest BCUT2D eigenvalue weighted by molar-refractivity contribution is 0.521. The number of nitrogens with zero attached hydrogens (tertiary/aromatic N) is 1.